The maximum absolute atomic E-state index is 5.38. The van der Waals surface area contributed by atoms with Crippen LogP contribution in [0.2, 0.25) is 0 Å². The third-order valence-electron chi connectivity index (χ3n) is 5.24. The van der Waals surface area contributed by atoms with Crippen LogP contribution in [0.4, 0.5) is 5.95 Å². The van der Waals surface area contributed by atoms with E-state index in [9.17, 15) is 0 Å². The monoisotopic (exact) mass is 304 g/mol. The molecule has 5 nitrogen and oxygen atoms in total. The lowest BCUT2D eigenvalue weighted by molar-refractivity contribution is -0.0238. The Morgan fingerprint density at radius 2 is 1.86 bits per heavy atom. The Labute approximate surface area is 133 Å². The largest absolute Gasteiger partial charge is 0.381 e. The molecular formula is C17H28N4O. The fourth-order valence-electron chi connectivity index (χ4n) is 3.51. The van der Waals surface area contributed by atoms with Gasteiger partial charge >= 0.3 is 0 Å². The van der Waals surface area contributed by atoms with Gasteiger partial charge in [-0.1, -0.05) is 0 Å². The maximum atomic E-state index is 5.38. The van der Waals surface area contributed by atoms with Crippen molar-refractivity contribution in [3.8, 4) is 0 Å². The third-order valence-corrected chi connectivity index (χ3v) is 5.24. The number of anilines is 1. The molecule has 0 N–H and O–H groups in total. The van der Waals surface area contributed by atoms with E-state index in [0.29, 0.717) is 6.10 Å². The Hall–Kier alpha value is -1.20. The SMILES string of the molecule is COC1CC(N(C)CC2CCN(c3ncc(C)cn3)CC2)C1. The molecule has 0 spiro atoms. The van der Waals surface area contributed by atoms with Crippen LogP contribution in [0.25, 0.3) is 0 Å². The van der Waals surface area contributed by atoms with Gasteiger partial charge in [-0.2, -0.15) is 0 Å². The zero-order valence-electron chi connectivity index (χ0n) is 14.0. The van der Waals surface area contributed by atoms with E-state index in [1.54, 1.807) is 0 Å². The Balaban J connectivity index is 1.43. The second-order valence-corrected chi connectivity index (χ2v) is 6.91. The van der Waals surface area contributed by atoms with Crippen LogP contribution < -0.4 is 4.90 Å². The van der Waals surface area contributed by atoms with Crippen molar-refractivity contribution in [1.82, 2.24) is 14.9 Å². The molecule has 1 aromatic heterocycles. The maximum Gasteiger partial charge on any atom is 0.225 e. The summed E-state index contributed by atoms with van der Waals surface area (Å²) in [5.74, 6) is 1.69. The Bertz CT molecular complexity index is 464. The van der Waals surface area contributed by atoms with Crippen LogP contribution in [0, 0.1) is 12.8 Å². The normalized spacial score (nSPS) is 26.3. The van der Waals surface area contributed by atoms with E-state index in [0.717, 1.165) is 36.6 Å². The second kappa shape index (κ2) is 6.92. The van der Waals surface area contributed by atoms with Gasteiger partial charge in [0.2, 0.25) is 5.95 Å². The van der Waals surface area contributed by atoms with Gasteiger partial charge in [0.25, 0.3) is 0 Å². The predicted molar refractivity (Wildman–Crippen MR) is 88.2 cm³/mol. The molecule has 0 amide bonds. The van der Waals surface area contributed by atoms with E-state index in [1.165, 1.54) is 32.2 Å². The highest BCUT2D eigenvalue weighted by Gasteiger charge is 2.33. The van der Waals surface area contributed by atoms with Gasteiger partial charge in [0.1, 0.15) is 0 Å². The summed E-state index contributed by atoms with van der Waals surface area (Å²) in [6.07, 6.45) is 9.18. The minimum Gasteiger partial charge on any atom is -0.381 e. The summed E-state index contributed by atoms with van der Waals surface area (Å²) in [4.78, 5) is 13.8. The lowest BCUT2D eigenvalue weighted by Crippen LogP contribution is -2.48. The molecule has 3 rings (SSSR count). The molecule has 1 aliphatic carbocycles. The van der Waals surface area contributed by atoms with Crippen molar-refractivity contribution >= 4 is 5.95 Å². The third kappa shape index (κ3) is 3.58. The van der Waals surface area contributed by atoms with Gasteiger partial charge in [-0.15, -0.1) is 0 Å². The topological polar surface area (TPSA) is 41.5 Å². The molecule has 0 aromatic carbocycles. The van der Waals surface area contributed by atoms with Crippen LogP contribution >= 0.6 is 0 Å². The van der Waals surface area contributed by atoms with Crippen molar-refractivity contribution in [3.05, 3.63) is 18.0 Å². The van der Waals surface area contributed by atoms with Crippen LogP contribution in [0.15, 0.2) is 12.4 Å². The van der Waals surface area contributed by atoms with Crippen molar-refractivity contribution in [1.29, 1.82) is 0 Å². The van der Waals surface area contributed by atoms with Crippen molar-refractivity contribution in [2.45, 2.75) is 44.8 Å². The number of aryl methyl sites for hydroxylation is 1. The summed E-state index contributed by atoms with van der Waals surface area (Å²) in [6, 6.07) is 0.725. The highest BCUT2D eigenvalue weighted by Crippen LogP contribution is 2.29. The van der Waals surface area contributed by atoms with Gasteiger partial charge in [-0.3, -0.25) is 0 Å². The summed E-state index contributed by atoms with van der Waals surface area (Å²) in [5.41, 5.74) is 1.12. The molecule has 2 aliphatic rings. The molecule has 1 saturated carbocycles. The first-order valence-electron chi connectivity index (χ1n) is 8.42. The first kappa shape index (κ1) is 15.7. The second-order valence-electron chi connectivity index (χ2n) is 6.91. The number of hydrogen-bond acceptors (Lipinski definition) is 5. The number of aromatic nitrogens is 2. The highest BCUT2D eigenvalue weighted by atomic mass is 16.5. The summed E-state index contributed by atoms with van der Waals surface area (Å²) < 4.78 is 5.38. The van der Waals surface area contributed by atoms with Gasteiger partial charge in [-0.05, 0) is 51.1 Å². The van der Waals surface area contributed by atoms with E-state index in [4.69, 9.17) is 4.74 Å². The van der Waals surface area contributed by atoms with Crippen molar-refractivity contribution < 1.29 is 4.74 Å². The molecular weight excluding hydrogens is 276 g/mol. The van der Waals surface area contributed by atoms with E-state index >= 15 is 0 Å². The number of hydrogen-bond donors (Lipinski definition) is 0. The van der Waals surface area contributed by atoms with Gasteiger partial charge in [0, 0.05) is 45.2 Å². The van der Waals surface area contributed by atoms with Crippen LogP contribution in [-0.4, -0.2) is 60.8 Å². The number of piperidine rings is 1. The zero-order valence-corrected chi connectivity index (χ0v) is 14.0. The highest BCUT2D eigenvalue weighted by molar-refractivity contribution is 5.30. The molecule has 5 heteroatoms. The average Bonchev–Trinajstić information content (AvgIpc) is 2.48. The number of rotatable bonds is 5. The quantitative estimate of drug-likeness (QED) is 0.833. The molecule has 2 heterocycles. The van der Waals surface area contributed by atoms with E-state index in [-0.39, 0.29) is 0 Å². The predicted octanol–water partition coefficient (Wildman–Crippen LogP) is 2.11. The molecule has 1 aliphatic heterocycles. The number of methoxy groups -OCH3 is 1. The molecule has 0 atom stereocenters. The van der Waals surface area contributed by atoms with Gasteiger partial charge < -0.3 is 14.5 Å². The molecule has 2 fully saturated rings. The Morgan fingerprint density at radius 1 is 1.23 bits per heavy atom. The zero-order chi connectivity index (χ0) is 15.5. The average molecular weight is 304 g/mol. The Kier molecular flexibility index (Phi) is 4.93. The van der Waals surface area contributed by atoms with Crippen LogP contribution in [-0.2, 0) is 4.74 Å². The van der Waals surface area contributed by atoms with Crippen LogP contribution in [0.5, 0.6) is 0 Å². The van der Waals surface area contributed by atoms with Crippen LogP contribution in [0.1, 0.15) is 31.2 Å². The lowest BCUT2D eigenvalue weighted by atomic mass is 9.86. The minimum absolute atomic E-state index is 0.494. The molecule has 0 bridgehead atoms. The van der Waals surface area contributed by atoms with Crippen LogP contribution in [0.3, 0.4) is 0 Å². The Morgan fingerprint density at radius 3 is 2.45 bits per heavy atom. The molecule has 0 unspecified atom stereocenters. The van der Waals surface area contributed by atoms with Crippen molar-refractivity contribution in [2.75, 3.05) is 38.7 Å². The number of nitrogens with zero attached hydrogens (tertiary/aromatic N) is 4. The minimum atomic E-state index is 0.494. The molecule has 1 saturated heterocycles. The molecule has 122 valence electrons. The summed E-state index contributed by atoms with van der Waals surface area (Å²) in [6.45, 7) is 5.39. The summed E-state index contributed by atoms with van der Waals surface area (Å²) in [5, 5.41) is 0. The first-order chi connectivity index (χ1) is 10.7. The summed E-state index contributed by atoms with van der Waals surface area (Å²) in [7, 11) is 4.09. The molecule has 22 heavy (non-hydrogen) atoms. The van der Waals surface area contributed by atoms with E-state index in [1.807, 2.05) is 26.4 Å². The van der Waals surface area contributed by atoms with Crippen molar-refractivity contribution in [2.24, 2.45) is 5.92 Å². The first-order valence-corrected chi connectivity index (χ1v) is 8.42. The van der Waals surface area contributed by atoms with Crippen molar-refractivity contribution in [3.63, 3.8) is 0 Å². The van der Waals surface area contributed by atoms with E-state index in [2.05, 4.69) is 26.8 Å². The smallest absolute Gasteiger partial charge is 0.225 e. The lowest BCUT2D eigenvalue weighted by Gasteiger charge is -2.42. The van der Waals surface area contributed by atoms with Gasteiger partial charge in [-0.25, -0.2) is 9.97 Å². The number of ether oxygens (including phenoxy) is 1. The van der Waals surface area contributed by atoms with Gasteiger partial charge in [0.05, 0.1) is 6.10 Å². The fraction of sp³-hybridized carbons (Fsp3) is 0.765. The van der Waals surface area contributed by atoms with Gasteiger partial charge in [0.15, 0.2) is 0 Å². The molecule has 0 radical (unpaired) electrons. The molecule has 1 aromatic rings. The summed E-state index contributed by atoms with van der Waals surface area (Å²) >= 11 is 0. The van der Waals surface area contributed by atoms with E-state index < -0.39 is 0 Å². The fourth-order valence-corrected chi connectivity index (χ4v) is 3.51. The standard InChI is InChI=1S/C17H28N4O/c1-13-10-18-17(19-11-13)21-6-4-14(5-7-21)12-20(2)15-8-16(9-15)22-3/h10-11,14-16H,4-9,12H2,1-3H3.